The lowest BCUT2D eigenvalue weighted by Gasteiger charge is -2.25. The Bertz CT molecular complexity index is 676. The van der Waals surface area contributed by atoms with Crippen molar-refractivity contribution in [2.75, 3.05) is 13.7 Å². The molecule has 0 bridgehead atoms. The number of carbonyl (C=O) groups excluding carboxylic acids is 1. The molecule has 4 nitrogen and oxygen atoms in total. The maximum atomic E-state index is 11.8. The number of rotatable bonds is 7. The van der Waals surface area contributed by atoms with Gasteiger partial charge in [0.05, 0.1) is 12.5 Å². The Morgan fingerprint density at radius 2 is 2.12 bits per heavy atom. The van der Waals surface area contributed by atoms with Gasteiger partial charge < -0.3 is 14.8 Å². The van der Waals surface area contributed by atoms with E-state index in [-0.39, 0.29) is 18.0 Å². The Hall–Kier alpha value is -1.43. The quantitative estimate of drug-likeness (QED) is 0.527. The van der Waals surface area contributed by atoms with Gasteiger partial charge in [-0.1, -0.05) is 40.2 Å². The molecular weight excluding hydrogens is 394 g/mol. The van der Waals surface area contributed by atoms with Crippen LogP contribution in [0.5, 0.6) is 0 Å². The van der Waals surface area contributed by atoms with Crippen LogP contribution in [-0.4, -0.2) is 31.3 Å². The molecule has 1 N–H and O–H groups in total. The van der Waals surface area contributed by atoms with Gasteiger partial charge in [-0.15, -0.1) is 0 Å². The Labute approximate surface area is 164 Å². The lowest BCUT2D eigenvalue weighted by Crippen LogP contribution is -2.27. The number of esters is 1. The molecule has 2 unspecified atom stereocenters. The molecule has 0 spiro atoms. The minimum absolute atomic E-state index is 0.00191. The largest absolute Gasteiger partial charge is 0.460 e. The molecule has 0 saturated carbocycles. The Morgan fingerprint density at radius 3 is 2.81 bits per heavy atom. The summed E-state index contributed by atoms with van der Waals surface area (Å²) in [6.07, 6.45) is 9.47. The maximum Gasteiger partial charge on any atom is 0.307 e. The summed E-state index contributed by atoms with van der Waals surface area (Å²) in [4.78, 5) is 11.8. The first-order chi connectivity index (χ1) is 12.3. The first kappa shape index (κ1) is 20.9. The van der Waals surface area contributed by atoms with Crippen LogP contribution < -0.4 is 5.32 Å². The van der Waals surface area contributed by atoms with Crippen LogP contribution >= 0.6 is 15.9 Å². The topological polar surface area (TPSA) is 47.6 Å². The molecule has 1 radical (unpaired) electrons. The third-order valence-corrected chi connectivity index (χ3v) is 4.48. The van der Waals surface area contributed by atoms with Crippen LogP contribution in [0.25, 0.3) is 0 Å². The monoisotopic (exact) mass is 420 g/mol. The summed E-state index contributed by atoms with van der Waals surface area (Å²) < 4.78 is 12.0. The van der Waals surface area contributed by atoms with Crippen LogP contribution in [0.1, 0.15) is 44.2 Å². The lowest BCUT2D eigenvalue weighted by molar-refractivity contribution is -0.154. The van der Waals surface area contributed by atoms with E-state index < -0.39 is 5.60 Å². The Kier molecular flexibility index (Phi) is 7.62. The number of nitrogens with one attached hydrogen (secondary N) is 1. The SMILES string of the molecule is COC1C=C[C]=CC1c1ccc(Br)cc1CNCCC(=O)OC(C)(C)C. The second-order valence-corrected chi connectivity index (χ2v) is 8.19. The lowest BCUT2D eigenvalue weighted by atomic mass is 9.87. The van der Waals surface area contributed by atoms with Gasteiger partial charge in [-0.2, -0.15) is 0 Å². The number of hydrogen-bond acceptors (Lipinski definition) is 4. The fourth-order valence-corrected chi connectivity index (χ4v) is 3.28. The van der Waals surface area contributed by atoms with E-state index in [9.17, 15) is 4.79 Å². The summed E-state index contributed by atoms with van der Waals surface area (Å²) >= 11 is 3.54. The molecular formula is C21H27BrNO3. The second kappa shape index (κ2) is 9.49. The average Bonchev–Trinajstić information content (AvgIpc) is 2.57. The zero-order chi connectivity index (χ0) is 19.2. The van der Waals surface area contributed by atoms with Crippen LogP contribution in [0.3, 0.4) is 0 Å². The third kappa shape index (κ3) is 6.38. The van der Waals surface area contributed by atoms with Crippen molar-refractivity contribution in [1.82, 2.24) is 5.32 Å². The summed E-state index contributed by atoms with van der Waals surface area (Å²) in [6.45, 7) is 6.87. The Morgan fingerprint density at radius 1 is 1.35 bits per heavy atom. The van der Waals surface area contributed by atoms with Crippen LogP contribution in [0.2, 0.25) is 0 Å². The molecule has 1 aromatic carbocycles. The highest BCUT2D eigenvalue weighted by Gasteiger charge is 2.23. The minimum Gasteiger partial charge on any atom is -0.460 e. The maximum absolute atomic E-state index is 11.8. The molecule has 0 aliphatic heterocycles. The molecule has 5 heteroatoms. The van der Waals surface area contributed by atoms with Crippen molar-refractivity contribution in [2.24, 2.45) is 0 Å². The number of allylic oxidation sites excluding steroid dienone is 2. The zero-order valence-corrected chi connectivity index (χ0v) is 17.4. The number of benzene rings is 1. The van der Waals surface area contributed by atoms with Gasteiger partial charge in [0.1, 0.15) is 5.60 Å². The summed E-state index contributed by atoms with van der Waals surface area (Å²) in [5, 5.41) is 3.34. The summed E-state index contributed by atoms with van der Waals surface area (Å²) in [5.41, 5.74) is 1.92. The second-order valence-electron chi connectivity index (χ2n) is 7.27. The molecule has 0 aromatic heterocycles. The standard InChI is InChI=1S/C21H27BrNO3/c1-21(2,3)26-20(24)11-12-23-14-15-13-16(22)9-10-17(15)18-7-5-6-8-19(18)25-4/h6-10,13,18-19,23H,11-12,14H2,1-4H3. The minimum atomic E-state index is -0.443. The van der Waals surface area contributed by atoms with E-state index in [1.54, 1.807) is 7.11 Å². The van der Waals surface area contributed by atoms with Gasteiger partial charge in [0.15, 0.2) is 0 Å². The third-order valence-electron chi connectivity index (χ3n) is 3.99. The van der Waals surface area contributed by atoms with E-state index in [0.717, 1.165) is 4.47 Å². The fraction of sp³-hybridized carbons (Fsp3) is 0.476. The van der Waals surface area contributed by atoms with Crippen molar-refractivity contribution in [2.45, 2.75) is 51.4 Å². The normalized spacial score (nSPS) is 19.6. The van der Waals surface area contributed by atoms with Crippen molar-refractivity contribution < 1.29 is 14.3 Å². The predicted molar refractivity (Wildman–Crippen MR) is 107 cm³/mol. The van der Waals surface area contributed by atoms with Crippen molar-refractivity contribution >= 4 is 21.9 Å². The van der Waals surface area contributed by atoms with Crippen LogP contribution in [0.15, 0.2) is 40.9 Å². The number of methoxy groups -OCH3 is 1. The van der Waals surface area contributed by atoms with E-state index in [2.05, 4.69) is 39.5 Å². The van der Waals surface area contributed by atoms with Crippen molar-refractivity contribution in [3.05, 3.63) is 58.1 Å². The molecule has 1 aliphatic carbocycles. The molecule has 2 atom stereocenters. The molecule has 141 valence electrons. The molecule has 0 heterocycles. The van der Waals surface area contributed by atoms with Crippen LogP contribution in [0, 0.1) is 6.08 Å². The summed E-state index contributed by atoms with van der Waals surface area (Å²) in [7, 11) is 1.72. The fourth-order valence-electron chi connectivity index (χ4n) is 2.87. The van der Waals surface area contributed by atoms with Gasteiger partial charge in [-0.3, -0.25) is 4.79 Å². The van der Waals surface area contributed by atoms with Crippen LogP contribution in [-0.2, 0) is 20.8 Å². The summed E-state index contributed by atoms with van der Waals surface area (Å²) in [5.74, 6) is -0.0605. The average molecular weight is 421 g/mol. The van der Waals surface area contributed by atoms with Gasteiger partial charge in [0, 0.05) is 30.6 Å². The highest BCUT2D eigenvalue weighted by Crippen LogP contribution is 2.31. The molecule has 2 rings (SSSR count). The molecule has 1 aliphatic rings. The van der Waals surface area contributed by atoms with Gasteiger partial charge in [0.2, 0.25) is 0 Å². The molecule has 0 amide bonds. The van der Waals surface area contributed by atoms with E-state index in [0.29, 0.717) is 19.5 Å². The predicted octanol–water partition coefficient (Wildman–Crippen LogP) is 4.30. The van der Waals surface area contributed by atoms with E-state index in [1.165, 1.54) is 11.1 Å². The van der Waals surface area contributed by atoms with E-state index in [1.807, 2.05) is 45.1 Å². The van der Waals surface area contributed by atoms with Gasteiger partial charge in [0.25, 0.3) is 0 Å². The van der Waals surface area contributed by atoms with Crippen LogP contribution in [0.4, 0.5) is 0 Å². The van der Waals surface area contributed by atoms with Crippen molar-refractivity contribution in [1.29, 1.82) is 0 Å². The Balaban J connectivity index is 1.99. The van der Waals surface area contributed by atoms with E-state index >= 15 is 0 Å². The van der Waals surface area contributed by atoms with Gasteiger partial charge in [-0.25, -0.2) is 0 Å². The molecule has 0 saturated heterocycles. The first-order valence-corrected chi connectivity index (χ1v) is 9.59. The molecule has 1 aromatic rings. The number of ether oxygens (including phenoxy) is 2. The van der Waals surface area contributed by atoms with Crippen molar-refractivity contribution in [3.63, 3.8) is 0 Å². The molecule has 26 heavy (non-hydrogen) atoms. The van der Waals surface area contributed by atoms with Crippen molar-refractivity contribution in [3.8, 4) is 0 Å². The van der Waals surface area contributed by atoms with E-state index in [4.69, 9.17) is 9.47 Å². The molecule has 0 fully saturated rings. The zero-order valence-electron chi connectivity index (χ0n) is 15.8. The number of hydrogen-bond donors (Lipinski definition) is 1. The smallest absolute Gasteiger partial charge is 0.307 e. The number of halogens is 1. The highest BCUT2D eigenvalue weighted by atomic mass is 79.9. The summed E-state index contributed by atoms with van der Waals surface area (Å²) in [6, 6.07) is 6.26. The highest BCUT2D eigenvalue weighted by molar-refractivity contribution is 9.10. The first-order valence-electron chi connectivity index (χ1n) is 8.80. The van der Waals surface area contributed by atoms with Gasteiger partial charge >= 0.3 is 5.97 Å². The number of carbonyl (C=O) groups is 1. The van der Waals surface area contributed by atoms with Gasteiger partial charge in [-0.05, 0) is 50.1 Å².